The molecule has 0 atom stereocenters. The van der Waals surface area contributed by atoms with E-state index in [1.54, 1.807) is 11.5 Å². The van der Waals surface area contributed by atoms with Crippen LogP contribution in [-0.4, -0.2) is 27.6 Å². The number of carbonyl (C=O) groups is 1. The lowest BCUT2D eigenvalue weighted by Crippen LogP contribution is -2.19. The number of ether oxygens (including phenoxy) is 1. The van der Waals surface area contributed by atoms with Crippen LogP contribution < -0.4 is 5.56 Å². The Bertz CT molecular complexity index is 1080. The fourth-order valence-corrected chi connectivity index (χ4v) is 2.94. The van der Waals surface area contributed by atoms with E-state index in [1.165, 1.54) is 13.2 Å². The summed E-state index contributed by atoms with van der Waals surface area (Å²) in [5.41, 5.74) is 2.37. The molecule has 0 saturated carbocycles. The van der Waals surface area contributed by atoms with Crippen LogP contribution in [-0.2, 0) is 4.74 Å². The third-order valence-corrected chi connectivity index (χ3v) is 4.04. The van der Waals surface area contributed by atoms with Crippen LogP contribution in [0.3, 0.4) is 0 Å². The molecule has 3 aromatic rings. The van der Waals surface area contributed by atoms with Crippen molar-refractivity contribution in [3.05, 3.63) is 62.3 Å². The number of methoxy groups -OCH3 is 1. The van der Waals surface area contributed by atoms with Gasteiger partial charge in [0.15, 0.2) is 10.4 Å². The fraction of sp³-hybridized carbons (Fsp3) is 0.176. The Balaban J connectivity index is 2.55. The van der Waals surface area contributed by atoms with E-state index in [4.69, 9.17) is 17.0 Å². The monoisotopic (exact) mass is 341 g/mol. The van der Waals surface area contributed by atoms with Crippen LogP contribution in [0.4, 0.5) is 0 Å². The number of aryl methyl sites for hydroxylation is 2. The van der Waals surface area contributed by atoms with E-state index in [0.717, 1.165) is 11.3 Å². The second-order valence-electron chi connectivity index (χ2n) is 5.38. The Morgan fingerprint density at radius 1 is 1.29 bits per heavy atom. The number of nitrogens with one attached hydrogen (secondary N) is 1. The van der Waals surface area contributed by atoms with Crippen LogP contribution >= 0.6 is 12.2 Å². The highest BCUT2D eigenvalue weighted by Crippen LogP contribution is 2.21. The molecule has 1 aromatic carbocycles. The molecule has 7 heteroatoms. The molecule has 0 aliphatic rings. The van der Waals surface area contributed by atoms with E-state index in [2.05, 4.69) is 9.97 Å². The molecule has 6 nitrogen and oxygen atoms in total. The Hall–Kier alpha value is -2.80. The molecule has 2 heterocycles. The van der Waals surface area contributed by atoms with Gasteiger partial charge >= 0.3 is 5.97 Å². The van der Waals surface area contributed by atoms with Crippen molar-refractivity contribution in [2.24, 2.45) is 0 Å². The van der Waals surface area contributed by atoms with E-state index in [9.17, 15) is 9.59 Å². The molecule has 3 rings (SSSR count). The van der Waals surface area contributed by atoms with Crippen LogP contribution in [0, 0.1) is 18.6 Å². The molecule has 0 spiro atoms. The molecule has 24 heavy (non-hydrogen) atoms. The van der Waals surface area contributed by atoms with Gasteiger partial charge < -0.3 is 4.74 Å². The van der Waals surface area contributed by atoms with Gasteiger partial charge in [0, 0.05) is 5.69 Å². The van der Waals surface area contributed by atoms with Gasteiger partial charge in [0.05, 0.1) is 23.7 Å². The maximum atomic E-state index is 12.4. The minimum Gasteiger partial charge on any atom is -0.465 e. The van der Waals surface area contributed by atoms with Gasteiger partial charge in [0.1, 0.15) is 0 Å². The molecule has 122 valence electrons. The maximum Gasteiger partial charge on any atom is 0.338 e. The molecule has 1 N–H and O–H groups in total. The molecular formula is C17H15N3O3S. The molecule has 2 aromatic heterocycles. The highest BCUT2D eigenvalue weighted by molar-refractivity contribution is 7.71. The number of fused-ring (bicyclic) bond motifs is 1. The van der Waals surface area contributed by atoms with Crippen LogP contribution in [0.5, 0.6) is 0 Å². The molecule has 0 radical (unpaired) electrons. The molecule has 0 fully saturated rings. The van der Waals surface area contributed by atoms with E-state index >= 15 is 0 Å². The number of hydrogen-bond acceptors (Lipinski definition) is 5. The number of carbonyl (C=O) groups excluding carboxylic acids is 1. The fourth-order valence-electron chi connectivity index (χ4n) is 2.66. The average molecular weight is 341 g/mol. The van der Waals surface area contributed by atoms with Crippen molar-refractivity contribution in [1.82, 2.24) is 14.5 Å². The summed E-state index contributed by atoms with van der Waals surface area (Å²) in [6, 6.07) is 9.14. The highest BCUT2D eigenvalue weighted by atomic mass is 32.1. The van der Waals surface area contributed by atoms with Crippen molar-refractivity contribution in [2.75, 3.05) is 7.11 Å². The number of benzene rings is 1. The van der Waals surface area contributed by atoms with Crippen LogP contribution in [0.2, 0.25) is 0 Å². The SMILES string of the molecule is COC(=O)c1cc(C)nc2c1c(=O)[nH]c(=S)n2-c1ccccc1C. The zero-order valence-corrected chi connectivity index (χ0v) is 14.2. The molecule has 0 saturated heterocycles. The zero-order chi connectivity index (χ0) is 17.4. The summed E-state index contributed by atoms with van der Waals surface area (Å²) in [6.07, 6.45) is 0. The van der Waals surface area contributed by atoms with Crippen molar-refractivity contribution in [1.29, 1.82) is 0 Å². The van der Waals surface area contributed by atoms with Gasteiger partial charge in [-0.3, -0.25) is 14.3 Å². The summed E-state index contributed by atoms with van der Waals surface area (Å²) in [7, 11) is 1.27. The third-order valence-electron chi connectivity index (χ3n) is 3.75. The lowest BCUT2D eigenvalue weighted by molar-refractivity contribution is 0.0602. The van der Waals surface area contributed by atoms with Gasteiger partial charge in [0.25, 0.3) is 5.56 Å². The normalized spacial score (nSPS) is 10.8. The first-order valence-corrected chi connectivity index (χ1v) is 7.66. The molecule has 0 aliphatic carbocycles. The molecule has 0 unspecified atom stereocenters. The first-order valence-electron chi connectivity index (χ1n) is 7.25. The van der Waals surface area contributed by atoms with E-state index in [-0.39, 0.29) is 15.7 Å². The summed E-state index contributed by atoms with van der Waals surface area (Å²) in [5, 5.41) is 0.157. The van der Waals surface area contributed by atoms with Crippen molar-refractivity contribution in [3.8, 4) is 5.69 Å². The highest BCUT2D eigenvalue weighted by Gasteiger charge is 2.19. The predicted molar refractivity (Wildman–Crippen MR) is 93.3 cm³/mol. The molecule has 0 bridgehead atoms. The number of pyridine rings is 1. The van der Waals surface area contributed by atoms with Crippen LogP contribution in [0.1, 0.15) is 21.6 Å². The van der Waals surface area contributed by atoms with Crippen molar-refractivity contribution in [2.45, 2.75) is 13.8 Å². The molecule has 0 amide bonds. The Kier molecular flexibility index (Phi) is 4.02. The smallest absolute Gasteiger partial charge is 0.338 e. The standard InChI is InChI=1S/C17H15N3O3S/c1-9-6-4-5-7-12(9)20-14-13(15(21)19-17(20)24)11(16(22)23-3)8-10(2)18-14/h4-8H,1-3H3,(H,19,21,24). The van der Waals surface area contributed by atoms with Crippen LogP contribution in [0.25, 0.3) is 16.7 Å². The van der Waals surface area contributed by atoms with Gasteiger partial charge in [-0.1, -0.05) is 18.2 Å². The molecular weight excluding hydrogens is 326 g/mol. The van der Waals surface area contributed by atoms with Crippen molar-refractivity contribution >= 4 is 29.2 Å². The van der Waals surface area contributed by atoms with Gasteiger partial charge in [-0.15, -0.1) is 0 Å². The van der Waals surface area contributed by atoms with Crippen molar-refractivity contribution in [3.63, 3.8) is 0 Å². The average Bonchev–Trinajstić information content (AvgIpc) is 2.54. The van der Waals surface area contributed by atoms with Gasteiger partial charge in [-0.2, -0.15) is 0 Å². The second-order valence-corrected chi connectivity index (χ2v) is 5.77. The van der Waals surface area contributed by atoms with Gasteiger partial charge in [0.2, 0.25) is 0 Å². The number of H-pyrrole nitrogens is 1. The number of para-hydroxylation sites is 1. The van der Waals surface area contributed by atoms with E-state index in [1.807, 2.05) is 31.2 Å². The van der Waals surface area contributed by atoms with Crippen molar-refractivity contribution < 1.29 is 9.53 Å². The predicted octanol–water partition coefficient (Wildman–Crippen LogP) is 2.85. The van der Waals surface area contributed by atoms with Crippen LogP contribution in [0.15, 0.2) is 35.1 Å². The lowest BCUT2D eigenvalue weighted by atomic mass is 10.1. The minimum atomic E-state index is -0.593. The minimum absolute atomic E-state index is 0.157. The Labute approximate surface area is 142 Å². The Morgan fingerprint density at radius 2 is 2.00 bits per heavy atom. The van der Waals surface area contributed by atoms with Gasteiger partial charge in [-0.25, -0.2) is 9.78 Å². The quantitative estimate of drug-likeness (QED) is 0.573. The lowest BCUT2D eigenvalue weighted by Gasteiger charge is -2.14. The summed E-state index contributed by atoms with van der Waals surface area (Å²) in [4.78, 5) is 31.6. The number of aromatic nitrogens is 3. The number of esters is 1. The summed E-state index contributed by atoms with van der Waals surface area (Å²) in [6.45, 7) is 3.68. The summed E-state index contributed by atoms with van der Waals surface area (Å²) < 4.78 is 6.68. The first-order chi connectivity index (χ1) is 11.4. The topological polar surface area (TPSA) is 77.0 Å². The number of aromatic amines is 1. The van der Waals surface area contributed by atoms with E-state index in [0.29, 0.717) is 11.3 Å². The number of nitrogens with zero attached hydrogens (tertiary/aromatic N) is 2. The number of rotatable bonds is 2. The third kappa shape index (κ3) is 2.52. The summed E-state index contributed by atoms with van der Waals surface area (Å²) >= 11 is 5.34. The maximum absolute atomic E-state index is 12.4. The van der Waals surface area contributed by atoms with Gasteiger partial charge in [-0.05, 0) is 43.8 Å². The van der Waals surface area contributed by atoms with E-state index < -0.39 is 11.5 Å². The first kappa shape index (κ1) is 16.1. The zero-order valence-electron chi connectivity index (χ0n) is 13.4. The Morgan fingerprint density at radius 3 is 2.67 bits per heavy atom. The molecule has 0 aliphatic heterocycles. The number of hydrogen-bond donors (Lipinski definition) is 1. The summed E-state index contributed by atoms with van der Waals surface area (Å²) in [5.74, 6) is -0.593. The largest absolute Gasteiger partial charge is 0.465 e. The second kappa shape index (κ2) is 6.01.